The molecule has 2 aliphatic heterocycles. The number of rotatable bonds is 5. The monoisotopic (exact) mass is 282 g/mol. The van der Waals surface area contributed by atoms with E-state index in [2.05, 4.69) is 37.9 Å². The first-order chi connectivity index (χ1) is 9.46. The Labute approximate surface area is 125 Å². The zero-order valence-corrected chi connectivity index (χ0v) is 14.0. The summed E-state index contributed by atoms with van der Waals surface area (Å²) in [6.07, 6.45) is 7.49. The van der Waals surface area contributed by atoms with Gasteiger partial charge < -0.3 is 15.0 Å². The molecule has 0 saturated carbocycles. The van der Waals surface area contributed by atoms with Gasteiger partial charge in [-0.2, -0.15) is 0 Å². The van der Waals surface area contributed by atoms with Crippen molar-refractivity contribution in [2.45, 2.75) is 77.5 Å². The number of ether oxygens (including phenoxy) is 1. The van der Waals surface area contributed by atoms with Gasteiger partial charge in [-0.25, -0.2) is 0 Å². The molecule has 2 heterocycles. The molecule has 2 saturated heterocycles. The van der Waals surface area contributed by atoms with Crippen molar-refractivity contribution in [2.24, 2.45) is 5.92 Å². The molecule has 0 aliphatic carbocycles. The molecule has 2 fully saturated rings. The second-order valence-electron chi connectivity index (χ2n) is 7.74. The van der Waals surface area contributed by atoms with Crippen molar-refractivity contribution in [1.82, 2.24) is 10.2 Å². The smallest absolute Gasteiger partial charge is 0.0707 e. The Balaban J connectivity index is 1.64. The molecule has 2 atom stereocenters. The lowest BCUT2D eigenvalue weighted by Crippen LogP contribution is -2.42. The van der Waals surface area contributed by atoms with Gasteiger partial charge in [0.05, 0.1) is 12.2 Å². The minimum atomic E-state index is 0.198. The Bertz CT molecular complexity index is 279. The second-order valence-corrected chi connectivity index (χ2v) is 7.74. The first-order valence-electron chi connectivity index (χ1n) is 8.59. The molecule has 3 heteroatoms. The van der Waals surface area contributed by atoms with Crippen LogP contribution in [0.1, 0.15) is 59.8 Å². The molecule has 0 aromatic carbocycles. The highest BCUT2D eigenvalue weighted by molar-refractivity contribution is 4.82. The van der Waals surface area contributed by atoms with Crippen molar-refractivity contribution in [3.63, 3.8) is 0 Å². The van der Waals surface area contributed by atoms with E-state index in [4.69, 9.17) is 4.74 Å². The molecular weight excluding hydrogens is 248 g/mol. The Morgan fingerprint density at radius 3 is 2.30 bits per heavy atom. The van der Waals surface area contributed by atoms with Gasteiger partial charge in [0.25, 0.3) is 0 Å². The van der Waals surface area contributed by atoms with Crippen molar-refractivity contribution in [3.8, 4) is 0 Å². The lowest BCUT2D eigenvalue weighted by Gasteiger charge is -2.33. The summed E-state index contributed by atoms with van der Waals surface area (Å²) in [5, 5.41) is 3.56. The summed E-state index contributed by atoms with van der Waals surface area (Å²) in [7, 11) is 0. The number of hydrogen-bond donors (Lipinski definition) is 1. The summed E-state index contributed by atoms with van der Waals surface area (Å²) < 4.78 is 6.21. The molecule has 20 heavy (non-hydrogen) atoms. The molecule has 0 radical (unpaired) electrons. The van der Waals surface area contributed by atoms with Crippen molar-refractivity contribution in [1.29, 1.82) is 0 Å². The van der Waals surface area contributed by atoms with Crippen LogP contribution < -0.4 is 5.32 Å². The van der Waals surface area contributed by atoms with E-state index in [0.29, 0.717) is 12.2 Å². The predicted molar refractivity (Wildman–Crippen MR) is 85.1 cm³/mol. The summed E-state index contributed by atoms with van der Waals surface area (Å²) in [6.45, 7) is 13.7. The topological polar surface area (TPSA) is 24.5 Å². The van der Waals surface area contributed by atoms with Gasteiger partial charge in [-0.05, 0) is 65.5 Å². The van der Waals surface area contributed by atoms with Crippen LogP contribution in [-0.4, -0.2) is 48.8 Å². The summed E-state index contributed by atoms with van der Waals surface area (Å²) in [4.78, 5) is 2.62. The van der Waals surface area contributed by atoms with Crippen LogP contribution in [0.4, 0.5) is 0 Å². The van der Waals surface area contributed by atoms with Crippen LogP contribution in [0, 0.1) is 5.92 Å². The minimum absolute atomic E-state index is 0.198. The summed E-state index contributed by atoms with van der Waals surface area (Å²) in [5.41, 5.74) is 0.198. The largest absolute Gasteiger partial charge is 0.372 e. The molecule has 0 aromatic rings. The van der Waals surface area contributed by atoms with Gasteiger partial charge in [0.1, 0.15) is 0 Å². The number of hydrogen-bond acceptors (Lipinski definition) is 3. The quantitative estimate of drug-likeness (QED) is 0.839. The van der Waals surface area contributed by atoms with Gasteiger partial charge >= 0.3 is 0 Å². The van der Waals surface area contributed by atoms with E-state index in [1.165, 1.54) is 45.2 Å². The Morgan fingerprint density at radius 2 is 1.70 bits per heavy atom. The molecule has 2 unspecified atom stereocenters. The molecule has 118 valence electrons. The van der Waals surface area contributed by atoms with Crippen molar-refractivity contribution in [2.75, 3.05) is 26.2 Å². The number of likely N-dealkylation sites (tertiary alicyclic amines) is 1. The summed E-state index contributed by atoms with van der Waals surface area (Å²) in [6, 6.07) is 0. The SMILES string of the molecule is CCC1CCN(CC2CCC(CNC(C)(C)C)O2)CC1. The maximum Gasteiger partial charge on any atom is 0.0707 e. The number of nitrogens with one attached hydrogen (secondary N) is 1. The molecule has 0 bridgehead atoms. The van der Waals surface area contributed by atoms with Crippen LogP contribution in [0.5, 0.6) is 0 Å². The zero-order valence-electron chi connectivity index (χ0n) is 14.0. The van der Waals surface area contributed by atoms with Crippen LogP contribution in [0.3, 0.4) is 0 Å². The summed E-state index contributed by atoms with van der Waals surface area (Å²) >= 11 is 0. The van der Waals surface area contributed by atoms with Crippen LogP contribution in [0.25, 0.3) is 0 Å². The van der Waals surface area contributed by atoms with E-state index < -0.39 is 0 Å². The predicted octanol–water partition coefficient (Wildman–Crippen LogP) is 3.04. The maximum absolute atomic E-state index is 6.21. The Morgan fingerprint density at radius 1 is 1.05 bits per heavy atom. The molecule has 1 N–H and O–H groups in total. The molecule has 0 aromatic heterocycles. The molecule has 0 amide bonds. The molecule has 3 nitrogen and oxygen atoms in total. The van der Waals surface area contributed by atoms with Crippen LogP contribution in [0.2, 0.25) is 0 Å². The van der Waals surface area contributed by atoms with E-state index in [1.54, 1.807) is 0 Å². The van der Waals surface area contributed by atoms with E-state index in [1.807, 2.05) is 0 Å². The minimum Gasteiger partial charge on any atom is -0.372 e. The second kappa shape index (κ2) is 7.24. The lowest BCUT2D eigenvalue weighted by molar-refractivity contribution is 0.0144. The molecule has 2 aliphatic rings. The first kappa shape index (κ1) is 16.3. The highest BCUT2D eigenvalue weighted by Crippen LogP contribution is 2.24. The van der Waals surface area contributed by atoms with Crippen molar-refractivity contribution in [3.05, 3.63) is 0 Å². The fourth-order valence-electron chi connectivity index (χ4n) is 3.35. The Kier molecular flexibility index (Phi) is 5.88. The van der Waals surface area contributed by atoms with Gasteiger partial charge in [0.2, 0.25) is 0 Å². The highest BCUT2D eigenvalue weighted by Gasteiger charge is 2.28. The highest BCUT2D eigenvalue weighted by atomic mass is 16.5. The first-order valence-corrected chi connectivity index (χ1v) is 8.59. The third-order valence-corrected chi connectivity index (χ3v) is 4.80. The van der Waals surface area contributed by atoms with E-state index in [9.17, 15) is 0 Å². The Hall–Kier alpha value is -0.120. The van der Waals surface area contributed by atoms with Crippen LogP contribution in [-0.2, 0) is 4.74 Å². The average molecular weight is 282 g/mol. The average Bonchev–Trinajstić information content (AvgIpc) is 2.84. The van der Waals surface area contributed by atoms with Gasteiger partial charge in [0, 0.05) is 18.6 Å². The van der Waals surface area contributed by atoms with Crippen molar-refractivity contribution < 1.29 is 4.74 Å². The lowest BCUT2D eigenvalue weighted by atomic mass is 9.94. The number of piperidine rings is 1. The van der Waals surface area contributed by atoms with E-state index in [-0.39, 0.29) is 5.54 Å². The maximum atomic E-state index is 6.21. The van der Waals surface area contributed by atoms with Crippen LogP contribution in [0.15, 0.2) is 0 Å². The van der Waals surface area contributed by atoms with E-state index >= 15 is 0 Å². The van der Waals surface area contributed by atoms with Gasteiger partial charge in [-0.1, -0.05) is 13.3 Å². The fraction of sp³-hybridized carbons (Fsp3) is 1.00. The molecular formula is C17H34N2O. The van der Waals surface area contributed by atoms with Crippen LogP contribution >= 0.6 is 0 Å². The standard InChI is InChI=1S/C17H34N2O/c1-5-14-8-10-19(11-9-14)13-16-7-6-15(20-16)12-18-17(2,3)4/h14-16,18H,5-13H2,1-4H3. The van der Waals surface area contributed by atoms with Gasteiger partial charge in [-0.3, -0.25) is 0 Å². The number of nitrogens with zero attached hydrogens (tertiary/aromatic N) is 1. The summed E-state index contributed by atoms with van der Waals surface area (Å²) in [5.74, 6) is 0.972. The van der Waals surface area contributed by atoms with Gasteiger partial charge in [-0.15, -0.1) is 0 Å². The fourth-order valence-corrected chi connectivity index (χ4v) is 3.35. The normalized spacial score (nSPS) is 30.0. The zero-order chi connectivity index (χ0) is 14.6. The molecule has 2 rings (SSSR count). The van der Waals surface area contributed by atoms with Crippen molar-refractivity contribution >= 4 is 0 Å². The third-order valence-electron chi connectivity index (χ3n) is 4.80. The van der Waals surface area contributed by atoms with E-state index in [0.717, 1.165) is 19.0 Å². The van der Waals surface area contributed by atoms with Gasteiger partial charge in [0.15, 0.2) is 0 Å². The molecule has 0 spiro atoms. The third kappa shape index (κ3) is 5.34.